The summed E-state index contributed by atoms with van der Waals surface area (Å²) in [5.41, 5.74) is 0. The van der Waals surface area contributed by atoms with Crippen LogP contribution in [0.25, 0.3) is 0 Å². The van der Waals surface area contributed by atoms with Gasteiger partial charge < -0.3 is 4.74 Å². The van der Waals surface area contributed by atoms with Gasteiger partial charge in [0.1, 0.15) is 4.21 Å². The summed E-state index contributed by atoms with van der Waals surface area (Å²) in [5, 5.41) is 1.77. The molecule has 1 unspecified atom stereocenters. The Balaban J connectivity index is 2.08. The van der Waals surface area contributed by atoms with Crippen LogP contribution in [-0.2, 0) is 14.8 Å². The summed E-state index contributed by atoms with van der Waals surface area (Å²) >= 11 is 4.51. The van der Waals surface area contributed by atoms with Gasteiger partial charge in [-0.2, -0.15) is 4.31 Å². The van der Waals surface area contributed by atoms with Gasteiger partial charge in [-0.1, -0.05) is 0 Å². The lowest BCUT2D eigenvalue weighted by molar-refractivity contribution is 0.0495. The molecule has 4 nitrogen and oxygen atoms in total. The van der Waals surface area contributed by atoms with Gasteiger partial charge in [-0.15, -0.1) is 11.3 Å². The van der Waals surface area contributed by atoms with Crippen LogP contribution in [-0.4, -0.2) is 39.5 Å². The van der Waals surface area contributed by atoms with E-state index in [0.717, 1.165) is 19.4 Å². The van der Waals surface area contributed by atoms with Gasteiger partial charge in [0, 0.05) is 24.7 Å². The number of hydrogen-bond donors (Lipinski definition) is 0. The summed E-state index contributed by atoms with van der Waals surface area (Å²) < 4.78 is 32.5. The molecule has 0 aromatic carbocycles. The Morgan fingerprint density at radius 2 is 2.39 bits per heavy atom. The lowest BCUT2D eigenvalue weighted by atomic mass is 10.0. The Morgan fingerprint density at radius 3 is 2.94 bits per heavy atom. The van der Waals surface area contributed by atoms with Gasteiger partial charge in [-0.3, -0.25) is 0 Å². The minimum atomic E-state index is -3.38. The number of rotatable bonds is 4. The Morgan fingerprint density at radius 1 is 1.61 bits per heavy atom. The Bertz CT molecular complexity index is 494. The summed E-state index contributed by atoms with van der Waals surface area (Å²) in [6.07, 6.45) is 2.05. The van der Waals surface area contributed by atoms with Gasteiger partial charge in [-0.25, -0.2) is 8.42 Å². The molecule has 0 aliphatic carbocycles. The molecule has 1 aromatic heterocycles. The number of thiophene rings is 1. The molecule has 0 N–H and O–H groups in total. The zero-order chi connectivity index (χ0) is 13.2. The molecule has 18 heavy (non-hydrogen) atoms. The maximum Gasteiger partial charge on any atom is 0.253 e. The van der Waals surface area contributed by atoms with E-state index in [1.165, 1.54) is 15.6 Å². The lowest BCUT2D eigenvalue weighted by Gasteiger charge is -2.26. The lowest BCUT2D eigenvalue weighted by Crippen LogP contribution is -2.34. The zero-order valence-corrected chi connectivity index (χ0v) is 13.4. The largest absolute Gasteiger partial charge is 0.381 e. The highest BCUT2D eigenvalue weighted by atomic mass is 79.9. The molecular weight excluding hydrogens is 338 g/mol. The van der Waals surface area contributed by atoms with Crippen molar-refractivity contribution in [2.45, 2.75) is 17.1 Å². The SMILES string of the molecule is CN(CC1CCCOC1)S(=O)(=O)c1sccc1Br. The molecule has 0 radical (unpaired) electrons. The average molecular weight is 354 g/mol. The first kappa shape index (κ1) is 14.5. The topological polar surface area (TPSA) is 46.6 Å². The fourth-order valence-electron chi connectivity index (χ4n) is 2.02. The molecule has 1 aromatic rings. The third-order valence-corrected chi connectivity index (χ3v) is 7.47. The molecule has 2 rings (SSSR count). The molecule has 1 fully saturated rings. The van der Waals surface area contributed by atoms with Crippen molar-refractivity contribution in [1.82, 2.24) is 4.31 Å². The molecule has 1 atom stereocenters. The van der Waals surface area contributed by atoms with E-state index in [4.69, 9.17) is 4.74 Å². The van der Waals surface area contributed by atoms with E-state index < -0.39 is 10.0 Å². The smallest absolute Gasteiger partial charge is 0.253 e. The summed E-state index contributed by atoms with van der Waals surface area (Å²) in [5.74, 6) is 0.303. The van der Waals surface area contributed by atoms with Gasteiger partial charge in [0.25, 0.3) is 10.0 Å². The van der Waals surface area contributed by atoms with Crippen molar-refractivity contribution in [3.8, 4) is 0 Å². The second-order valence-electron chi connectivity index (χ2n) is 4.42. The highest BCUT2D eigenvalue weighted by Gasteiger charge is 2.27. The van der Waals surface area contributed by atoms with Crippen LogP contribution in [0.5, 0.6) is 0 Å². The fourth-order valence-corrected chi connectivity index (χ4v) is 5.77. The second kappa shape index (κ2) is 6.00. The van der Waals surface area contributed by atoms with Gasteiger partial charge in [-0.05, 0) is 46.1 Å². The number of ether oxygens (including phenoxy) is 1. The molecule has 0 bridgehead atoms. The third-order valence-electron chi connectivity index (χ3n) is 3.00. The summed E-state index contributed by atoms with van der Waals surface area (Å²) in [4.78, 5) is 0. The van der Waals surface area contributed by atoms with Crippen molar-refractivity contribution in [2.24, 2.45) is 5.92 Å². The van der Waals surface area contributed by atoms with Crippen LogP contribution in [0.1, 0.15) is 12.8 Å². The Hall–Kier alpha value is 0.0500. The van der Waals surface area contributed by atoms with E-state index in [0.29, 0.717) is 27.8 Å². The van der Waals surface area contributed by atoms with Crippen molar-refractivity contribution in [3.63, 3.8) is 0 Å². The maximum atomic E-state index is 12.4. The summed E-state index contributed by atoms with van der Waals surface area (Å²) in [7, 11) is -1.74. The van der Waals surface area contributed by atoms with E-state index in [9.17, 15) is 8.42 Å². The first-order valence-corrected chi connectivity index (χ1v) is 8.90. The van der Waals surface area contributed by atoms with E-state index in [1.807, 2.05) is 0 Å². The van der Waals surface area contributed by atoms with Crippen LogP contribution >= 0.6 is 27.3 Å². The standard InChI is InChI=1S/C11H16BrNO3S2/c1-13(7-9-3-2-5-16-8-9)18(14,15)11-10(12)4-6-17-11/h4,6,9H,2-3,5,7-8H2,1H3. The van der Waals surface area contributed by atoms with Crippen molar-refractivity contribution >= 4 is 37.3 Å². The van der Waals surface area contributed by atoms with Gasteiger partial charge >= 0.3 is 0 Å². The van der Waals surface area contributed by atoms with Gasteiger partial charge in [0.05, 0.1) is 6.61 Å². The monoisotopic (exact) mass is 353 g/mol. The van der Waals surface area contributed by atoms with Crippen molar-refractivity contribution in [1.29, 1.82) is 0 Å². The van der Waals surface area contributed by atoms with Crippen molar-refractivity contribution in [3.05, 3.63) is 15.9 Å². The number of sulfonamides is 1. The second-order valence-corrected chi connectivity index (χ2v) is 8.44. The summed E-state index contributed by atoms with van der Waals surface area (Å²) in [6.45, 7) is 1.97. The van der Waals surface area contributed by atoms with Crippen LogP contribution in [0.4, 0.5) is 0 Å². The highest BCUT2D eigenvalue weighted by Crippen LogP contribution is 2.30. The predicted molar refractivity (Wildman–Crippen MR) is 75.4 cm³/mol. The van der Waals surface area contributed by atoms with Crippen LogP contribution in [0, 0.1) is 5.92 Å². The van der Waals surface area contributed by atoms with Crippen molar-refractivity contribution in [2.75, 3.05) is 26.8 Å². The fraction of sp³-hybridized carbons (Fsp3) is 0.636. The van der Waals surface area contributed by atoms with E-state index in [1.54, 1.807) is 18.5 Å². The zero-order valence-electron chi connectivity index (χ0n) is 10.1. The Kier molecular flexibility index (Phi) is 4.82. The first-order chi connectivity index (χ1) is 8.51. The molecule has 1 aliphatic rings. The number of halogens is 1. The van der Waals surface area contributed by atoms with Crippen LogP contribution < -0.4 is 0 Å². The molecule has 102 valence electrons. The minimum Gasteiger partial charge on any atom is -0.381 e. The molecular formula is C11H16BrNO3S2. The van der Waals surface area contributed by atoms with Gasteiger partial charge in [0.15, 0.2) is 0 Å². The van der Waals surface area contributed by atoms with E-state index in [2.05, 4.69) is 15.9 Å². The molecule has 1 saturated heterocycles. The number of nitrogens with zero attached hydrogens (tertiary/aromatic N) is 1. The third kappa shape index (κ3) is 3.14. The van der Waals surface area contributed by atoms with Crippen molar-refractivity contribution < 1.29 is 13.2 Å². The number of hydrogen-bond acceptors (Lipinski definition) is 4. The highest BCUT2D eigenvalue weighted by molar-refractivity contribution is 9.10. The predicted octanol–water partition coefficient (Wildman–Crippen LogP) is 2.56. The normalized spacial score (nSPS) is 21.4. The molecule has 0 spiro atoms. The molecule has 7 heteroatoms. The van der Waals surface area contributed by atoms with Crippen LogP contribution in [0.15, 0.2) is 20.1 Å². The van der Waals surface area contributed by atoms with Gasteiger partial charge in [0.2, 0.25) is 0 Å². The quantitative estimate of drug-likeness (QED) is 0.835. The molecule has 0 amide bonds. The maximum absolute atomic E-state index is 12.4. The first-order valence-electron chi connectivity index (χ1n) is 5.79. The molecule has 0 saturated carbocycles. The molecule has 2 heterocycles. The average Bonchev–Trinajstić information content (AvgIpc) is 2.77. The Labute approximate surface area is 120 Å². The van der Waals surface area contributed by atoms with Crippen LogP contribution in [0.2, 0.25) is 0 Å². The van der Waals surface area contributed by atoms with E-state index >= 15 is 0 Å². The molecule has 1 aliphatic heterocycles. The minimum absolute atomic E-state index is 0.303. The van der Waals surface area contributed by atoms with Crippen LogP contribution in [0.3, 0.4) is 0 Å². The summed E-state index contributed by atoms with van der Waals surface area (Å²) in [6, 6.07) is 1.76. The van der Waals surface area contributed by atoms with E-state index in [-0.39, 0.29) is 0 Å².